The first kappa shape index (κ1) is 15.1. The van der Waals surface area contributed by atoms with Gasteiger partial charge < -0.3 is 5.73 Å². The smallest absolute Gasteiger partial charge is 0.190 e. The topological polar surface area (TPSA) is 69.6 Å². The van der Waals surface area contributed by atoms with Gasteiger partial charge >= 0.3 is 0 Å². The molecule has 8 heteroatoms. The Balaban J connectivity index is 2.01. The summed E-state index contributed by atoms with van der Waals surface area (Å²) in [5.41, 5.74) is 9.27. The maximum absolute atomic E-state index is 13.2. The van der Waals surface area contributed by atoms with E-state index in [-0.39, 0.29) is 5.82 Å². The van der Waals surface area contributed by atoms with Crippen molar-refractivity contribution in [2.75, 3.05) is 12.0 Å². The van der Waals surface area contributed by atoms with Crippen LogP contribution in [0.2, 0.25) is 0 Å². The predicted molar refractivity (Wildman–Crippen MR) is 96.1 cm³/mol. The number of aromatic nitrogens is 4. The van der Waals surface area contributed by atoms with Crippen molar-refractivity contribution in [3.8, 4) is 16.9 Å². The number of rotatable bonds is 3. The molecule has 0 fully saturated rings. The Labute approximate surface area is 145 Å². The van der Waals surface area contributed by atoms with Crippen LogP contribution in [0, 0.1) is 5.82 Å². The summed E-state index contributed by atoms with van der Waals surface area (Å²) in [4.78, 5) is 9.07. The maximum atomic E-state index is 13.2. The van der Waals surface area contributed by atoms with E-state index in [9.17, 15) is 4.39 Å². The number of thiophene rings is 1. The summed E-state index contributed by atoms with van der Waals surface area (Å²) in [6.45, 7) is 0. The molecule has 120 valence electrons. The van der Waals surface area contributed by atoms with Crippen molar-refractivity contribution < 1.29 is 4.39 Å². The lowest BCUT2D eigenvalue weighted by Gasteiger charge is -2.04. The minimum Gasteiger partial charge on any atom is -0.383 e. The summed E-state index contributed by atoms with van der Waals surface area (Å²) in [7, 11) is 0. The molecule has 24 heavy (non-hydrogen) atoms. The van der Waals surface area contributed by atoms with E-state index >= 15 is 0 Å². The number of anilines is 1. The van der Waals surface area contributed by atoms with Crippen molar-refractivity contribution in [1.29, 1.82) is 0 Å². The monoisotopic (exact) mass is 357 g/mol. The highest BCUT2D eigenvalue weighted by molar-refractivity contribution is 7.98. The molecule has 3 heterocycles. The van der Waals surface area contributed by atoms with Crippen LogP contribution in [-0.2, 0) is 0 Å². The van der Waals surface area contributed by atoms with Crippen LogP contribution in [0.15, 0.2) is 46.2 Å². The quantitative estimate of drug-likeness (QED) is 0.443. The van der Waals surface area contributed by atoms with Crippen LogP contribution >= 0.6 is 23.1 Å². The number of thioether (sulfide) groups is 1. The number of halogens is 1. The third kappa shape index (κ3) is 2.44. The van der Waals surface area contributed by atoms with E-state index in [1.807, 2.05) is 23.1 Å². The molecule has 0 spiro atoms. The van der Waals surface area contributed by atoms with Crippen LogP contribution in [0.25, 0.3) is 28.0 Å². The summed E-state index contributed by atoms with van der Waals surface area (Å²) in [5.74, 6) is 0.128. The van der Waals surface area contributed by atoms with Crippen molar-refractivity contribution in [2.24, 2.45) is 0 Å². The molecule has 0 bridgehead atoms. The Morgan fingerprint density at radius 2 is 1.96 bits per heavy atom. The van der Waals surface area contributed by atoms with Crippen LogP contribution in [0.5, 0.6) is 0 Å². The minimum absolute atomic E-state index is 0.308. The Hall–Kier alpha value is -2.45. The van der Waals surface area contributed by atoms with Gasteiger partial charge in [-0.25, -0.2) is 19.0 Å². The van der Waals surface area contributed by atoms with Gasteiger partial charge in [0.1, 0.15) is 11.6 Å². The number of fused-ring (bicyclic) bond motifs is 1. The van der Waals surface area contributed by atoms with Gasteiger partial charge in [0.25, 0.3) is 0 Å². The molecule has 5 nitrogen and oxygen atoms in total. The molecule has 2 N–H and O–H groups in total. The van der Waals surface area contributed by atoms with E-state index in [0.717, 1.165) is 11.3 Å². The lowest BCUT2D eigenvalue weighted by molar-refractivity contribution is 0.627. The molecule has 3 aromatic heterocycles. The van der Waals surface area contributed by atoms with Gasteiger partial charge in [-0.3, -0.25) is 0 Å². The molecule has 0 saturated heterocycles. The van der Waals surface area contributed by atoms with Gasteiger partial charge in [0.05, 0.1) is 16.8 Å². The molecule has 1 aromatic carbocycles. The first-order valence-corrected chi connectivity index (χ1v) is 9.23. The molecule has 0 atom stereocenters. The van der Waals surface area contributed by atoms with Gasteiger partial charge in [0.15, 0.2) is 10.8 Å². The zero-order valence-corrected chi connectivity index (χ0v) is 14.2. The van der Waals surface area contributed by atoms with E-state index in [4.69, 9.17) is 5.73 Å². The second-order valence-electron chi connectivity index (χ2n) is 5.04. The number of hydrogen-bond donors (Lipinski definition) is 1. The second-order valence-corrected chi connectivity index (χ2v) is 6.60. The van der Waals surface area contributed by atoms with E-state index in [1.165, 1.54) is 23.9 Å². The fourth-order valence-electron chi connectivity index (χ4n) is 2.47. The third-order valence-corrected chi connectivity index (χ3v) is 4.83. The van der Waals surface area contributed by atoms with Gasteiger partial charge in [-0.2, -0.15) is 11.3 Å². The molecule has 0 unspecified atom stereocenters. The van der Waals surface area contributed by atoms with E-state index in [0.29, 0.717) is 27.7 Å². The lowest BCUT2D eigenvalue weighted by Crippen LogP contribution is -2.01. The van der Waals surface area contributed by atoms with Crippen LogP contribution in [0.3, 0.4) is 0 Å². The molecular weight excluding hydrogens is 345 g/mol. The van der Waals surface area contributed by atoms with E-state index in [2.05, 4.69) is 15.1 Å². The van der Waals surface area contributed by atoms with Crippen LogP contribution in [0.1, 0.15) is 0 Å². The summed E-state index contributed by atoms with van der Waals surface area (Å²) >= 11 is 3.04. The highest BCUT2D eigenvalue weighted by Crippen LogP contribution is 2.34. The predicted octanol–water partition coefficient (Wildman–Crippen LogP) is 3.99. The van der Waals surface area contributed by atoms with Gasteiger partial charge in [-0.05, 0) is 42.0 Å². The fraction of sp³-hybridized carbons (Fsp3) is 0.0625. The minimum atomic E-state index is -0.308. The molecule has 0 radical (unpaired) electrons. The summed E-state index contributed by atoms with van der Waals surface area (Å²) in [6.07, 6.45) is 1.92. The molecule has 0 saturated carbocycles. The average Bonchev–Trinajstić information content (AvgIpc) is 3.23. The Morgan fingerprint density at radius 1 is 1.17 bits per heavy atom. The normalized spacial score (nSPS) is 11.2. The number of benzene rings is 1. The highest BCUT2D eigenvalue weighted by atomic mass is 32.2. The number of hydrogen-bond acceptors (Lipinski definition) is 6. The van der Waals surface area contributed by atoms with Gasteiger partial charge in [0, 0.05) is 10.9 Å². The Bertz CT molecular complexity index is 1010. The summed E-state index contributed by atoms with van der Waals surface area (Å²) < 4.78 is 14.7. The zero-order chi connectivity index (χ0) is 16.7. The summed E-state index contributed by atoms with van der Waals surface area (Å²) in [6, 6.07) is 8.00. The van der Waals surface area contributed by atoms with Crippen molar-refractivity contribution in [3.63, 3.8) is 0 Å². The first-order valence-electron chi connectivity index (χ1n) is 7.06. The Kier molecular flexibility index (Phi) is 3.70. The largest absolute Gasteiger partial charge is 0.383 e. The SMILES string of the molecule is CSc1nc(-c2ccsc2)c2c(N)n(-c3ccc(F)cc3)nc2n1. The molecule has 4 aromatic rings. The first-order chi connectivity index (χ1) is 11.7. The second kappa shape index (κ2) is 5.88. The summed E-state index contributed by atoms with van der Waals surface area (Å²) in [5, 5.41) is 9.84. The zero-order valence-electron chi connectivity index (χ0n) is 12.6. The van der Waals surface area contributed by atoms with Crippen molar-refractivity contribution in [3.05, 3.63) is 46.9 Å². The average molecular weight is 357 g/mol. The fourth-order valence-corrected chi connectivity index (χ4v) is 3.47. The van der Waals surface area contributed by atoms with Gasteiger partial charge in [-0.15, -0.1) is 5.10 Å². The standard InChI is InChI=1S/C16H12FN5S2/c1-23-16-19-13(9-6-7-24-8-9)12-14(18)22(21-15(12)20-16)11-4-2-10(17)3-5-11/h2-8H,18H2,1H3. The van der Waals surface area contributed by atoms with Gasteiger partial charge in [-0.1, -0.05) is 11.8 Å². The van der Waals surface area contributed by atoms with Crippen LogP contribution in [-0.4, -0.2) is 26.0 Å². The van der Waals surface area contributed by atoms with Crippen LogP contribution < -0.4 is 5.73 Å². The molecule has 0 aliphatic rings. The number of nitrogen functional groups attached to an aromatic ring is 1. The van der Waals surface area contributed by atoms with E-state index in [1.54, 1.807) is 28.2 Å². The van der Waals surface area contributed by atoms with Crippen molar-refractivity contribution in [2.45, 2.75) is 5.16 Å². The molecule has 0 amide bonds. The molecule has 4 rings (SSSR count). The highest BCUT2D eigenvalue weighted by Gasteiger charge is 2.19. The van der Waals surface area contributed by atoms with Crippen molar-refractivity contribution >= 4 is 39.9 Å². The van der Waals surface area contributed by atoms with Crippen molar-refractivity contribution in [1.82, 2.24) is 19.7 Å². The third-order valence-electron chi connectivity index (χ3n) is 3.60. The number of nitrogens with two attached hydrogens (primary N) is 1. The lowest BCUT2D eigenvalue weighted by atomic mass is 10.2. The van der Waals surface area contributed by atoms with E-state index < -0.39 is 0 Å². The number of nitrogens with zero attached hydrogens (tertiary/aromatic N) is 4. The molecule has 0 aliphatic heterocycles. The Morgan fingerprint density at radius 3 is 2.62 bits per heavy atom. The van der Waals surface area contributed by atoms with Gasteiger partial charge in [0.2, 0.25) is 0 Å². The maximum Gasteiger partial charge on any atom is 0.190 e. The molecule has 0 aliphatic carbocycles. The van der Waals surface area contributed by atoms with Crippen LogP contribution in [0.4, 0.5) is 10.2 Å². The molecular formula is C16H12FN5S2.